The van der Waals surface area contributed by atoms with Crippen molar-refractivity contribution in [2.24, 2.45) is 5.92 Å². The highest BCUT2D eigenvalue weighted by Crippen LogP contribution is 2.18. The fourth-order valence-electron chi connectivity index (χ4n) is 2.43. The molecule has 2 aromatic carbocycles. The molecule has 1 atom stereocenters. The van der Waals surface area contributed by atoms with E-state index in [9.17, 15) is 0 Å². The molecular weight excluding hydrogens is 322 g/mol. The molecule has 0 aliphatic rings. The summed E-state index contributed by atoms with van der Waals surface area (Å²) in [7, 11) is 0. The molecule has 0 radical (unpaired) electrons. The van der Waals surface area contributed by atoms with Gasteiger partial charge in [-0.3, -0.25) is 0 Å². The van der Waals surface area contributed by atoms with Gasteiger partial charge in [0, 0.05) is 17.1 Å². The van der Waals surface area contributed by atoms with Crippen LogP contribution in [0.25, 0.3) is 0 Å². The summed E-state index contributed by atoms with van der Waals surface area (Å²) >= 11 is 3.53. The third-order valence-corrected chi connectivity index (χ3v) is 4.12. The van der Waals surface area contributed by atoms with Crippen molar-refractivity contribution in [2.45, 2.75) is 39.8 Å². The zero-order valence-electron chi connectivity index (χ0n) is 13.1. The molecule has 0 aromatic heterocycles. The van der Waals surface area contributed by atoms with Gasteiger partial charge in [-0.15, -0.1) is 0 Å². The number of rotatable bonds is 6. The van der Waals surface area contributed by atoms with Gasteiger partial charge in [-0.2, -0.15) is 0 Å². The normalized spacial score (nSPS) is 12.6. The summed E-state index contributed by atoms with van der Waals surface area (Å²) in [5.41, 5.74) is 4.07. The molecule has 0 saturated carbocycles. The first-order valence-electron chi connectivity index (χ1n) is 7.61. The van der Waals surface area contributed by atoms with Gasteiger partial charge in [0.15, 0.2) is 0 Å². The van der Waals surface area contributed by atoms with E-state index in [2.05, 4.69) is 90.5 Å². The van der Waals surface area contributed by atoms with Gasteiger partial charge in [-0.1, -0.05) is 66.2 Å². The Morgan fingerprint density at radius 3 is 2.24 bits per heavy atom. The number of nitrogens with one attached hydrogen (secondary N) is 1. The van der Waals surface area contributed by atoms with Crippen LogP contribution < -0.4 is 5.32 Å². The van der Waals surface area contributed by atoms with Crippen LogP contribution in [0, 0.1) is 5.92 Å². The van der Waals surface area contributed by atoms with Crippen LogP contribution in [-0.4, -0.2) is 0 Å². The minimum Gasteiger partial charge on any atom is -0.306 e. The van der Waals surface area contributed by atoms with E-state index in [0.29, 0.717) is 12.0 Å². The highest BCUT2D eigenvalue weighted by Gasteiger charge is 2.05. The van der Waals surface area contributed by atoms with Gasteiger partial charge < -0.3 is 5.32 Å². The molecule has 0 aliphatic heterocycles. The molecule has 0 bridgehead atoms. The lowest BCUT2D eigenvalue weighted by molar-refractivity contribution is 0.574. The average molecular weight is 346 g/mol. The zero-order valence-corrected chi connectivity index (χ0v) is 14.7. The fraction of sp³-hybridized carbons (Fsp3) is 0.368. The van der Waals surface area contributed by atoms with Crippen LogP contribution in [0.4, 0.5) is 0 Å². The molecule has 0 spiro atoms. The summed E-state index contributed by atoms with van der Waals surface area (Å²) in [5.74, 6) is 0.713. The molecule has 0 saturated heterocycles. The Morgan fingerprint density at radius 2 is 1.62 bits per heavy atom. The largest absolute Gasteiger partial charge is 0.306 e. The fourth-order valence-corrected chi connectivity index (χ4v) is 2.85. The molecule has 0 fully saturated rings. The Bertz CT molecular complexity index is 560. The Labute approximate surface area is 136 Å². The zero-order chi connectivity index (χ0) is 15.2. The van der Waals surface area contributed by atoms with Crippen molar-refractivity contribution in [2.75, 3.05) is 0 Å². The molecule has 1 nitrogen and oxygen atoms in total. The highest BCUT2D eigenvalue weighted by atomic mass is 79.9. The second-order valence-corrected chi connectivity index (χ2v) is 6.99. The summed E-state index contributed by atoms with van der Waals surface area (Å²) in [4.78, 5) is 0. The van der Waals surface area contributed by atoms with Gasteiger partial charge in [0.05, 0.1) is 0 Å². The molecule has 2 heteroatoms. The number of halogens is 1. The van der Waals surface area contributed by atoms with E-state index in [-0.39, 0.29) is 0 Å². The van der Waals surface area contributed by atoms with E-state index in [1.165, 1.54) is 16.7 Å². The molecule has 1 N–H and O–H groups in total. The van der Waals surface area contributed by atoms with E-state index in [1.54, 1.807) is 0 Å². The molecule has 0 unspecified atom stereocenters. The number of benzene rings is 2. The van der Waals surface area contributed by atoms with Gasteiger partial charge in [0.2, 0.25) is 0 Å². The standard InChI is InChI=1S/C19H24BrN/c1-14(2)11-16-7-9-17(10-8-16)13-21-15(3)18-5-4-6-19(20)12-18/h4-10,12,14-15,21H,11,13H2,1-3H3/t15-/m0/s1. The summed E-state index contributed by atoms with van der Waals surface area (Å²) in [6.07, 6.45) is 1.15. The molecule has 2 aromatic rings. The van der Waals surface area contributed by atoms with Crippen molar-refractivity contribution < 1.29 is 0 Å². The van der Waals surface area contributed by atoms with Crippen molar-refractivity contribution in [3.05, 3.63) is 69.7 Å². The Kier molecular flexibility index (Phi) is 6.01. The highest BCUT2D eigenvalue weighted by molar-refractivity contribution is 9.10. The second-order valence-electron chi connectivity index (χ2n) is 6.07. The van der Waals surface area contributed by atoms with Gasteiger partial charge >= 0.3 is 0 Å². The van der Waals surface area contributed by atoms with E-state index in [1.807, 2.05) is 0 Å². The average Bonchev–Trinajstić information content (AvgIpc) is 2.45. The summed E-state index contributed by atoms with van der Waals surface area (Å²) < 4.78 is 1.13. The van der Waals surface area contributed by atoms with Crippen LogP contribution in [0.3, 0.4) is 0 Å². The molecule has 0 aliphatic carbocycles. The predicted molar refractivity (Wildman–Crippen MR) is 94.4 cm³/mol. The Hall–Kier alpha value is -1.12. The van der Waals surface area contributed by atoms with Crippen LogP contribution in [0.2, 0.25) is 0 Å². The molecule has 112 valence electrons. The minimum atomic E-state index is 0.345. The lowest BCUT2D eigenvalue weighted by atomic mass is 10.0. The van der Waals surface area contributed by atoms with Crippen LogP contribution in [-0.2, 0) is 13.0 Å². The topological polar surface area (TPSA) is 12.0 Å². The monoisotopic (exact) mass is 345 g/mol. The smallest absolute Gasteiger partial charge is 0.0295 e. The maximum atomic E-state index is 3.58. The Morgan fingerprint density at radius 1 is 0.952 bits per heavy atom. The molecule has 0 heterocycles. The van der Waals surface area contributed by atoms with Crippen molar-refractivity contribution in [1.29, 1.82) is 0 Å². The van der Waals surface area contributed by atoms with Crippen LogP contribution in [0.5, 0.6) is 0 Å². The summed E-state index contributed by atoms with van der Waals surface area (Å²) in [5, 5.41) is 3.58. The second kappa shape index (κ2) is 7.77. The van der Waals surface area contributed by atoms with E-state index < -0.39 is 0 Å². The van der Waals surface area contributed by atoms with Crippen molar-refractivity contribution in [3.63, 3.8) is 0 Å². The lowest BCUT2D eigenvalue weighted by Gasteiger charge is -2.15. The third kappa shape index (κ3) is 5.29. The van der Waals surface area contributed by atoms with Crippen molar-refractivity contribution in [3.8, 4) is 0 Å². The molecule has 21 heavy (non-hydrogen) atoms. The number of hydrogen-bond donors (Lipinski definition) is 1. The molecule has 2 rings (SSSR count). The van der Waals surface area contributed by atoms with E-state index in [0.717, 1.165) is 17.4 Å². The first kappa shape index (κ1) is 16.3. The molecule has 0 amide bonds. The van der Waals surface area contributed by atoms with Crippen LogP contribution in [0.15, 0.2) is 53.0 Å². The Balaban J connectivity index is 1.90. The maximum Gasteiger partial charge on any atom is 0.0295 e. The van der Waals surface area contributed by atoms with Crippen molar-refractivity contribution >= 4 is 15.9 Å². The maximum absolute atomic E-state index is 3.58. The summed E-state index contributed by atoms with van der Waals surface area (Å²) in [6, 6.07) is 17.8. The summed E-state index contributed by atoms with van der Waals surface area (Å²) in [6.45, 7) is 7.62. The predicted octanol–water partition coefficient (Wildman–Crippen LogP) is 5.50. The SMILES string of the molecule is CC(C)Cc1ccc(CN[C@@H](C)c2cccc(Br)c2)cc1. The molecular formula is C19H24BrN. The first-order valence-corrected chi connectivity index (χ1v) is 8.40. The van der Waals surface area contributed by atoms with E-state index in [4.69, 9.17) is 0 Å². The third-order valence-electron chi connectivity index (χ3n) is 3.63. The van der Waals surface area contributed by atoms with Crippen LogP contribution >= 0.6 is 15.9 Å². The van der Waals surface area contributed by atoms with Crippen LogP contribution in [0.1, 0.15) is 43.5 Å². The van der Waals surface area contributed by atoms with Gasteiger partial charge in [0.25, 0.3) is 0 Å². The minimum absolute atomic E-state index is 0.345. The first-order chi connectivity index (χ1) is 10.0. The van der Waals surface area contributed by atoms with Gasteiger partial charge in [0.1, 0.15) is 0 Å². The lowest BCUT2D eigenvalue weighted by Crippen LogP contribution is -2.18. The van der Waals surface area contributed by atoms with E-state index >= 15 is 0 Å². The van der Waals surface area contributed by atoms with Gasteiger partial charge in [-0.25, -0.2) is 0 Å². The van der Waals surface area contributed by atoms with Crippen molar-refractivity contribution in [1.82, 2.24) is 5.32 Å². The van der Waals surface area contributed by atoms with Gasteiger partial charge in [-0.05, 0) is 48.1 Å². The quantitative estimate of drug-likeness (QED) is 0.728. The number of hydrogen-bond acceptors (Lipinski definition) is 1.